The standard InChI is InChI=1S/C12H12F3N3S/c1-18-6-8(5-17-18)7-19-11-3-2-9(4-10(11)16)12(13,14)15/h2-6H,7,16H2,1H3. The van der Waals surface area contributed by atoms with Crippen molar-refractivity contribution in [2.24, 2.45) is 7.05 Å². The van der Waals surface area contributed by atoms with Gasteiger partial charge in [0.15, 0.2) is 0 Å². The lowest BCUT2D eigenvalue weighted by Crippen LogP contribution is -2.05. The van der Waals surface area contributed by atoms with Crippen molar-refractivity contribution >= 4 is 17.4 Å². The van der Waals surface area contributed by atoms with Crippen LogP contribution in [0.15, 0.2) is 35.5 Å². The molecule has 0 amide bonds. The number of hydrogen-bond acceptors (Lipinski definition) is 3. The zero-order chi connectivity index (χ0) is 14.0. The molecule has 2 rings (SSSR count). The quantitative estimate of drug-likeness (QED) is 0.695. The topological polar surface area (TPSA) is 43.8 Å². The summed E-state index contributed by atoms with van der Waals surface area (Å²) in [7, 11) is 1.81. The number of thioether (sulfide) groups is 1. The summed E-state index contributed by atoms with van der Waals surface area (Å²) in [6, 6.07) is 3.41. The maximum atomic E-state index is 12.5. The first-order chi connectivity index (χ1) is 8.86. The number of anilines is 1. The number of aryl methyl sites for hydroxylation is 1. The molecule has 0 bridgehead atoms. The lowest BCUT2D eigenvalue weighted by atomic mass is 10.2. The minimum atomic E-state index is -4.36. The van der Waals surface area contributed by atoms with Crippen LogP contribution in [0.25, 0.3) is 0 Å². The van der Waals surface area contributed by atoms with Crippen LogP contribution in [0.1, 0.15) is 11.1 Å². The van der Waals surface area contributed by atoms with Gasteiger partial charge in [-0.3, -0.25) is 4.68 Å². The van der Waals surface area contributed by atoms with E-state index in [1.54, 1.807) is 17.9 Å². The van der Waals surface area contributed by atoms with Crippen molar-refractivity contribution in [3.05, 3.63) is 41.7 Å². The van der Waals surface area contributed by atoms with Gasteiger partial charge in [0.05, 0.1) is 11.8 Å². The zero-order valence-electron chi connectivity index (χ0n) is 10.1. The van der Waals surface area contributed by atoms with E-state index in [9.17, 15) is 13.2 Å². The lowest BCUT2D eigenvalue weighted by Gasteiger charge is -2.10. The third kappa shape index (κ3) is 3.44. The molecule has 0 aliphatic heterocycles. The predicted octanol–water partition coefficient (Wildman–Crippen LogP) is 3.31. The Bertz CT molecular complexity index is 578. The average molecular weight is 287 g/mol. The molecule has 0 saturated carbocycles. The number of nitrogens with two attached hydrogens (primary N) is 1. The van der Waals surface area contributed by atoms with Crippen LogP contribution in [0.5, 0.6) is 0 Å². The number of rotatable bonds is 3. The van der Waals surface area contributed by atoms with E-state index in [2.05, 4.69) is 5.10 Å². The number of nitrogens with zero attached hydrogens (tertiary/aromatic N) is 2. The molecule has 7 heteroatoms. The summed E-state index contributed by atoms with van der Waals surface area (Å²) in [4.78, 5) is 0.636. The molecule has 0 atom stereocenters. The molecule has 0 unspecified atom stereocenters. The van der Waals surface area contributed by atoms with Gasteiger partial charge in [-0.2, -0.15) is 18.3 Å². The van der Waals surface area contributed by atoms with E-state index in [-0.39, 0.29) is 5.69 Å². The Labute approximate surface area is 112 Å². The van der Waals surface area contributed by atoms with Crippen molar-refractivity contribution in [2.45, 2.75) is 16.8 Å². The number of nitrogen functional groups attached to an aromatic ring is 1. The van der Waals surface area contributed by atoms with Gasteiger partial charge < -0.3 is 5.73 Å². The van der Waals surface area contributed by atoms with E-state index in [0.717, 1.165) is 17.7 Å². The third-order valence-corrected chi connectivity index (χ3v) is 3.65. The van der Waals surface area contributed by atoms with Gasteiger partial charge in [-0.05, 0) is 18.2 Å². The molecule has 1 aromatic carbocycles. The van der Waals surface area contributed by atoms with Crippen LogP contribution in [0, 0.1) is 0 Å². The summed E-state index contributed by atoms with van der Waals surface area (Å²) < 4.78 is 39.1. The largest absolute Gasteiger partial charge is 0.416 e. The molecular weight excluding hydrogens is 275 g/mol. The van der Waals surface area contributed by atoms with Gasteiger partial charge >= 0.3 is 6.18 Å². The van der Waals surface area contributed by atoms with Gasteiger partial charge in [-0.1, -0.05) is 0 Å². The molecule has 3 nitrogen and oxygen atoms in total. The maximum Gasteiger partial charge on any atom is 0.416 e. The Balaban J connectivity index is 2.09. The molecule has 0 aliphatic rings. The van der Waals surface area contributed by atoms with Gasteiger partial charge in [0.25, 0.3) is 0 Å². The predicted molar refractivity (Wildman–Crippen MR) is 68.6 cm³/mol. The highest BCUT2D eigenvalue weighted by atomic mass is 32.2. The second-order valence-corrected chi connectivity index (χ2v) is 5.08. The number of halogens is 3. The molecule has 0 radical (unpaired) electrons. The van der Waals surface area contributed by atoms with E-state index < -0.39 is 11.7 Å². The molecule has 1 heterocycles. The molecule has 0 saturated heterocycles. The molecule has 2 N–H and O–H groups in total. The smallest absolute Gasteiger partial charge is 0.398 e. The first kappa shape index (κ1) is 13.8. The van der Waals surface area contributed by atoms with Crippen molar-refractivity contribution in [1.29, 1.82) is 0 Å². The third-order valence-electron chi connectivity index (χ3n) is 2.49. The van der Waals surface area contributed by atoms with Crippen LogP contribution < -0.4 is 5.73 Å². The Kier molecular flexibility index (Phi) is 3.75. The number of aromatic nitrogens is 2. The van der Waals surface area contributed by atoms with Gasteiger partial charge in [-0.25, -0.2) is 0 Å². The van der Waals surface area contributed by atoms with Gasteiger partial charge in [0.2, 0.25) is 0 Å². The molecule has 102 valence electrons. The van der Waals surface area contributed by atoms with Crippen LogP contribution >= 0.6 is 11.8 Å². The number of hydrogen-bond donors (Lipinski definition) is 1. The average Bonchev–Trinajstić information content (AvgIpc) is 2.72. The number of alkyl halides is 3. The highest BCUT2D eigenvalue weighted by Crippen LogP contribution is 2.35. The van der Waals surface area contributed by atoms with Crippen molar-refractivity contribution in [1.82, 2.24) is 9.78 Å². The van der Waals surface area contributed by atoms with E-state index in [1.807, 2.05) is 6.20 Å². The van der Waals surface area contributed by atoms with E-state index in [1.165, 1.54) is 17.8 Å². The van der Waals surface area contributed by atoms with Crippen molar-refractivity contribution in [3.8, 4) is 0 Å². The minimum absolute atomic E-state index is 0.142. The normalized spacial score (nSPS) is 11.8. The highest BCUT2D eigenvalue weighted by Gasteiger charge is 2.30. The minimum Gasteiger partial charge on any atom is -0.398 e. The molecule has 0 spiro atoms. The molecule has 19 heavy (non-hydrogen) atoms. The van der Waals surface area contributed by atoms with E-state index in [0.29, 0.717) is 10.6 Å². The van der Waals surface area contributed by atoms with Crippen molar-refractivity contribution in [2.75, 3.05) is 5.73 Å². The highest BCUT2D eigenvalue weighted by molar-refractivity contribution is 7.98. The van der Waals surface area contributed by atoms with Crippen LogP contribution in [0.2, 0.25) is 0 Å². The summed E-state index contributed by atoms with van der Waals surface area (Å²) in [5, 5.41) is 4.02. The second-order valence-electron chi connectivity index (χ2n) is 4.06. The molecular formula is C12H12F3N3S. The Morgan fingerprint density at radius 2 is 2.11 bits per heavy atom. The van der Waals surface area contributed by atoms with Gasteiger partial charge in [0, 0.05) is 35.1 Å². The van der Waals surface area contributed by atoms with Crippen LogP contribution in [-0.4, -0.2) is 9.78 Å². The molecule has 0 aliphatic carbocycles. The fraction of sp³-hybridized carbons (Fsp3) is 0.250. The molecule has 0 fully saturated rings. The van der Waals surface area contributed by atoms with Gasteiger partial charge in [-0.15, -0.1) is 11.8 Å². The first-order valence-electron chi connectivity index (χ1n) is 5.43. The van der Waals surface area contributed by atoms with Crippen molar-refractivity contribution < 1.29 is 13.2 Å². The Morgan fingerprint density at radius 3 is 2.63 bits per heavy atom. The SMILES string of the molecule is Cn1cc(CSc2ccc(C(F)(F)F)cc2N)cn1. The van der Waals surface area contributed by atoms with Gasteiger partial charge in [0.1, 0.15) is 0 Å². The number of benzene rings is 1. The molecule has 2 aromatic rings. The van der Waals surface area contributed by atoms with Crippen molar-refractivity contribution in [3.63, 3.8) is 0 Å². The monoisotopic (exact) mass is 287 g/mol. The van der Waals surface area contributed by atoms with E-state index >= 15 is 0 Å². The summed E-state index contributed by atoms with van der Waals surface area (Å²) in [5.74, 6) is 0.614. The summed E-state index contributed by atoms with van der Waals surface area (Å²) >= 11 is 1.39. The second kappa shape index (κ2) is 5.16. The summed E-state index contributed by atoms with van der Waals surface area (Å²) in [6.07, 6.45) is -0.790. The Hall–Kier alpha value is -1.63. The summed E-state index contributed by atoms with van der Waals surface area (Å²) in [6.45, 7) is 0. The fourth-order valence-corrected chi connectivity index (χ4v) is 2.42. The van der Waals surface area contributed by atoms with E-state index in [4.69, 9.17) is 5.73 Å². The van der Waals surface area contributed by atoms with Crippen LogP contribution in [-0.2, 0) is 19.0 Å². The van der Waals surface area contributed by atoms with Crippen LogP contribution in [0.3, 0.4) is 0 Å². The lowest BCUT2D eigenvalue weighted by molar-refractivity contribution is -0.137. The fourth-order valence-electron chi connectivity index (χ4n) is 1.56. The maximum absolute atomic E-state index is 12.5. The summed E-state index contributed by atoms with van der Waals surface area (Å²) in [5.41, 5.74) is 6.05. The van der Waals surface area contributed by atoms with Crippen LogP contribution in [0.4, 0.5) is 18.9 Å². The Morgan fingerprint density at radius 1 is 1.37 bits per heavy atom. The molecule has 1 aromatic heterocycles. The zero-order valence-corrected chi connectivity index (χ0v) is 10.9. The first-order valence-corrected chi connectivity index (χ1v) is 6.42.